The summed E-state index contributed by atoms with van der Waals surface area (Å²) in [6.45, 7) is 2.13. The van der Waals surface area contributed by atoms with Crippen LogP contribution in [0, 0.1) is 0 Å². The van der Waals surface area contributed by atoms with Crippen molar-refractivity contribution in [3.05, 3.63) is 23.7 Å². The number of carbonyl (C=O) groups is 1. The van der Waals surface area contributed by atoms with Gasteiger partial charge in [-0.2, -0.15) is 0 Å². The molecule has 0 aliphatic carbocycles. The van der Waals surface area contributed by atoms with E-state index in [-0.39, 0.29) is 5.56 Å². The zero-order valence-corrected chi connectivity index (χ0v) is 9.97. The molecule has 0 fully saturated rings. The molecule has 0 unspecified atom stereocenters. The number of carboxylic acid groups (broad SMARTS) is 1. The second-order valence-electron chi connectivity index (χ2n) is 4.06. The lowest BCUT2D eigenvalue weighted by atomic mass is 10.2. The van der Waals surface area contributed by atoms with Gasteiger partial charge in [-0.15, -0.1) is 0 Å². The Morgan fingerprint density at radius 3 is 2.94 bits per heavy atom. The maximum absolute atomic E-state index is 10.8. The van der Waals surface area contributed by atoms with Gasteiger partial charge >= 0.3 is 5.97 Å². The smallest absolute Gasteiger partial charge is 0.337 e. The van der Waals surface area contributed by atoms with Gasteiger partial charge in [0.15, 0.2) is 5.65 Å². The number of carboxylic acids is 1. The monoisotopic (exact) mass is 233 g/mol. The number of hydrogen-bond donors (Lipinski definition) is 1. The van der Waals surface area contributed by atoms with Gasteiger partial charge in [-0.3, -0.25) is 0 Å². The molecule has 90 valence electrons. The first-order valence-corrected chi connectivity index (χ1v) is 5.68. The molecule has 2 heterocycles. The lowest BCUT2D eigenvalue weighted by Crippen LogP contribution is -1.99. The lowest BCUT2D eigenvalue weighted by molar-refractivity contribution is 0.0696. The Balaban J connectivity index is 2.45. The van der Waals surface area contributed by atoms with E-state index >= 15 is 0 Å². The van der Waals surface area contributed by atoms with Gasteiger partial charge in [-0.25, -0.2) is 14.8 Å². The molecule has 5 nitrogen and oxygen atoms in total. The SMILES string of the molecule is CCCCc1nc2cc(C(=O)O)cnc2n1C. The minimum atomic E-state index is -0.972. The van der Waals surface area contributed by atoms with Crippen molar-refractivity contribution in [2.75, 3.05) is 0 Å². The van der Waals surface area contributed by atoms with Crippen molar-refractivity contribution in [1.29, 1.82) is 0 Å². The number of pyridine rings is 1. The van der Waals surface area contributed by atoms with Gasteiger partial charge in [0.05, 0.1) is 5.56 Å². The van der Waals surface area contributed by atoms with Crippen molar-refractivity contribution in [2.45, 2.75) is 26.2 Å². The fourth-order valence-corrected chi connectivity index (χ4v) is 1.80. The zero-order valence-electron chi connectivity index (χ0n) is 9.97. The Labute approximate surface area is 99.1 Å². The van der Waals surface area contributed by atoms with Crippen LogP contribution in [0.15, 0.2) is 12.3 Å². The minimum Gasteiger partial charge on any atom is -0.478 e. The second-order valence-corrected chi connectivity index (χ2v) is 4.06. The van der Waals surface area contributed by atoms with Crippen LogP contribution in [0.5, 0.6) is 0 Å². The third-order valence-electron chi connectivity index (χ3n) is 2.80. The molecule has 5 heteroatoms. The summed E-state index contributed by atoms with van der Waals surface area (Å²) in [7, 11) is 1.91. The van der Waals surface area contributed by atoms with E-state index in [1.54, 1.807) is 6.07 Å². The quantitative estimate of drug-likeness (QED) is 0.877. The van der Waals surface area contributed by atoms with E-state index in [0.29, 0.717) is 5.52 Å². The summed E-state index contributed by atoms with van der Waals surface area (Å²) in [5.74, 6) is -0.0166. The average Bonchev–Trinajstić information content (AvgIpc) is 2.63. The molecule has 0 aromatic carbocycles. The van der Waals surface area contributed by atoms with E-state index in [9.17, 15) is 4.79 Å². The lowest BCUT2D eigenvalue weighted by Gasteiger charge is -1.99. The number of rotatable bonds is 4. The third-order valence-corrected chi connectivity index (χ3v) is 2.80. The first-order valence-electron chi connectivity index (χ1n) is 5.68. The van der Waals surface area contributed by atoms with E-state index in [4.69, 9.17) is 5.11 Å². The highest BCUT2D eigenvalue weighted by molar-refractivity contribution is 5.90. The summed E-state index contributed by atoms with van der Waals surface area (Å²) >= 11 is 0. The molecule has 0 aliphatic rings. The van der Waals surface area contributed by atoms with Crippen molar-refractivity contribution in [3.63, 3.8) is 0 Å². The van der Waals surface area contributed by atoms with Crippen molar-refractivity contribution in [2.24, 2.45) is 7.05 Å². The molecule has 2 rings (SSSR count). The first-order chi connectivity index (χ1) is 8.13. The molecular weight excluding hydrogens is 218 g/mol. The summed E-state index contributed by atoms with van der Waals surface area (Å²) in [6.07, 6.45) is 4.45. The van der Waals surface area contributed by atoms with Crippen molar-refractivity contribution < 1.29 is 9.90 Å². The number of aromatic nitrogens is 3. The number of nitrogens with zero attached hydrogens (tertiary/aromatic N) is 3. The summed E-state index contributed by atoms with van der Waals surface area (Å²) in [5, 5.41) is 8.89. The van der Waals surface area contributed by atoms with E-state index in [2.05, 4.69) is 16.9 Å². The third kappa shape index (κ3) is 2.13. The molecule has 0 bridgehead atoms. The van der Waals surface area contributed by atoms with Gasteiger partial charge in [-0.1, -0.05) is 13.3 Å². The van der Waals surface area contributed by atoms with Gasteiger partial charge in [0, 0.05) is 19.7 Å². The predicted octanol–water partition coefficient (Wildman–Crippen LogP) is 2.01. The molecule has 0 atom stereocenters. The maximum Gasteiger partial charge on any atom is 0.337 e. The van der Waals surface area contributed by atoms with E-state index in [1.165, 1.54) is 6.20 Å². The molecular formula is C12H15N3O2. The Morgan fingerprint density at radius 1 is 1.53 bits per heavy atom. The molecule has 2 aromatic heterocycles. The van der Waals surface area contributed by atoms with Crippen LogP contribution >= 0.6 is 0 Å². The van der Waals surface area contributed by atoms with Gasteiger partial charge in [0.1, 0.15) is 11.3 Å². The first kappa shape index (κ1) is 11.6. The second kappa shape index (κ2) is 4.53. The molecule has 0 amide bonds. The average molecular weight is 233 g/mol. The topological polar surface area (TPSA) is 68.0 Å². The fourth-order valence-electron chi connectivity index (χ4n) is 1.80. The Hall–Kier alpha value is -1.91. The molecule has 0 saturated heterocycles. The number of fused-ring (bicyclic) bond motifs is 1. The number of aryl methyl sites for hydroxylation is 2. The normalized spacial score (nSPS) is 10.9. The Bertz CT molecular complexity index is 560. The number of aromatic carboxylic acids is 1. The Morgan fingerprint density at radius 2 is 2.29 bits per heavy atom. The van der Waals surface area contributed by atoms with E-state index in [1.807, 2.05) is 11.6 Å². The number of imidazole rings is 1. The highest BCUT2D eigenvalue weighted by atomic mass is 16.4. The fraction of sp³-hybridized carbons (Fsp3) is 0.417. The van der Waals surface area contributed by atoms with Crippen LogP contribution in [0.25, 0.3) is 11.2 Å². The molecule has 2 aromatic rings. The molecule has 17 heavy (non-hydrogen) atoms. The summed E-state index contributed by atoms with van der Waals surface area (Å²) in [6, 6.07) is 1.57. The van der Waals surface area contributed by atoms with Gasteiger partial charge in [0.2, 0.25) is 0 Å². The predicted molar refractivity (Wildman–Crippen MR) is 64.1 cm³/mol. The van der Waals surface area contributed by atoms with Crippen LogP contribution in [0.3, 0.4) is 0 Å². The minimum absolute atomic E-state index is 0.178. The largest absolute Gasteiger partial charge is 0.478 e. The summed E-state index contributed by atoms with van der Waals surface area (Å²) in [4.78, 5) is 19.4. The van der Waals surface area contributed by atoms with Gasteiger partial charge in [0.25, 0.3) is 0 Å². The number of unbranched alkanes of at least 4 members (excludes halogenated alkanes) is 1. The van der Waals surface area contributed by atoms with Gasteiger partial charge < -0.3 is 9.67 Å². The van der Waals surface area contributed by atoms with Gasteiger partial charge in [-0.05, 0) is 12.5 Å². The summed E-state index contributed by atoms with van der Waals surface area (Å²) in [5.41, 5.74) is 1.57. The molecule has 0 aliphatic heterocycles. The van der Waals surface area contributed by atoms with Crippen molar-refractivity contribution >= 4 is 17.1 Å². The maximum atomic E-state index is 10.8. The standard InChI is InChI=1S/C12H15N3O2/c1-3-4-5-10-14-9-6-8(12(16)17)7-13-11(9)15(10)2/h6-7H,3-5H2,1-2H3,(H,16,17). The molecule has 0 saturated carbocycles. The van der Waals surface area contributed by atoms with Crippen LogP contribution in [0.2, 0.25) is 0 Å². The molecule has 0 spiro atoms. The van der Waals surface area contributed by atoms with Crippen molar-refractivity contribution in [3.8, 4) is 0 Å². The Kier molecular flexibility index (Phi) is 3.08. The van der Waals surface area contributed by atoms with Crippen LogP contribution in [0.1, 0.15) is 35.9 Å². The molecule has 1 N–H and O–H groups in total. The summed E-state index contributed by atoms with van der Waals surface area (Å²) < 4.78 is 1.93. The van der Waals surface area contributed by atoms with Crippen LogP contribution in [-0.4, -0.2) is 25.6 Å². The molecule has 0 radical (unpaired) electrons. The van der Waals surface area contributed by atoms with E-state index < -0.39 is 5.97 Å². The van der Waals surface area contributed by atoms with Crippen LogP contribution in [-0.2, 0) is 13.5 Å². The van der Waals surface area contributed by atoms with Crippen molar-refractivity contribution in [1.82, 2.24) is 14.5 Å². The highest BCUT2D eigenvalue weighted by Gasteiger charge is 2.11. The highest BCUT2D eigenvalue weighted by Crippen LogP contribution is 2.15. The number of hydrogen-bond acceptors (Lipinski definition) is 3. The van der Waals surface area contributed by atoms with Crippen LogP contribution in [0.4, 0.5) is 0 Å². The van der Waals surface area contributed by atoms with E-state index in [0.717, 1.165) is 30.7 Å². The zero-order chi connectivity index (χ0) is 12.4. The van der Waals surface area contributed by atoms with Crippen LogP contribution < -0.4 is 0 Å².